The summed E-state index contributed by atoms with van der Waals surface area (Å²) in [6, 6.07) is 3.81. The van der Waals surface area contributed by atoms with Crippen molar-refractivity contribution in [1.82, 2.24) is 5.06 Å². The summed E-state index contributed by atoms with van der Waals surface area (Å²) in [6.45, 7) is 5.09. The van der Waals surface area contributed by atoms with E-state index in [-0.39, 0.29) is 16.1 Å². The molecule has 2 amide bonds. The van der Waals surface area contributed by atoms with Crippen LogP contribution in [0.25, 0.3) is 0 Å². The summed E-state index contributed by atoms with van der Waals surface area (Å²) in [7, 11) is -0.899. The van der Waals surface area contributed by atoms with Gasteiger partial charge in [0.2, 0.25) is 0 Å². The number of anilines is 1. The average Bonchev–Trinajstić information content (AvgIpc) is 2.42. The Morgan fingerprint density at radius 2 is 1.75 bits per heavy atom. The first-order valence-electron chi connectivity index (χ1n) is 7.01. The molecule has 0 saturated carbocycles. The van der Waals surface area contributed by atoms with Crippen molar-refractivity contribution in [2.75, 3.05) is 25.7 Å². The van der Waals surface area contributed by atoms with Crippen molar-refractivity contribution in [3.8, 4) is 0 Å². The molecule has 0 atom stereocenters. The minimum Gasteiger partial charge on any atom is -0.444 e. The zero-order valence-corrected chi connectivity index (χ0v) is 15.4. The summed E-state index contributed by atoms with van der Waals surface area (Å²) in [5.41, 5.74) is -0.540. The summed E-state index contributed by atoms with van der Waals surface area (Å²) in [4.78, 5) is 28.7. The van der Waals surface area contributed by atoms with Gasteiger partial charge in [0, 0.05) is 24.6 Å². The lowest BCUT2D eigenvalue weighted by Gasteiger charge is -2.20. The largest absolute Gasteiger partial charge is 0.444 e. The van der Waals surface area contributed by atoms with E-state index < -0.39 is 27.4 Å². The lowest BCUT2D eigenvalue weighted by molar-refractivity contribution is -0.0757. The minimum atomic E-state index is -3.59. The number of benzene rings is 1. The van der Waals surface area contributed by atoms with E-state index in [1.54, 1.807) is 20.8 Å². The third-order valence-electron chi connectivity index (χ3n) is 2.79. The molecule has 24 heavy (non-hydrogen) atoms. The van der Waals surface area contributed by atoms with E-state index >= 15 is 0 Å². The van der Waals surface area contributed by atoms with Crippen LogP contribution in [-0.2, 0) is 19.4 Å². The summed E-state index contributed by atoms with van der Waals surface area (Å²) in [5, 5.41) is 3.37. The predicted molar refractivity (Wildman–Crippen MR) is 88.5 cm³/mol. The fourth-order valence-electron chi connectivity index (χ4n) is 1.69. The Morgan fingerprint density at radius 3 is 2.21 bits per heavy atom. The first-order valence-corrected chi connectivity index (χ1v) is 8.90. The van der Waals surface area contributed by atoms with E-state index in [1.165, 1.54) is 32.4 Å². The molecule has 0 spiro atoms. The number of nitrogens with zero attached hydrogens (tertiary/aromatic N) is 1. The van der Waals surface area contributed by atoms with E-state index in [4.69, 9.17) is 9.57 Å². The molecule has 0 heterocycles. The van der Waals surface area contributed by atoms with Gasteiger partial charge in [-0.2, -0.15) is 0 Å². The van der Waals surface area contributed by atoms with Crippen molar-refractivity contribution < 1.29 is 27.6 Å². The highest BCUT2D eigenvalue weighted by Gasteiger charge is 2.20. The molecule has 0 unspecified atom stereocenters. The number of hydrogen-bond acceptors (Lipinski definition) is 6. The SMILES string of the molecule is CON(C)C(=O)c1cc(NC(=O)OC(C)(C)C)cc(S(C)(=O)=O)c1. The Morgan fingerprint density at radius 1 is 1.17 bits per heavy atom. The maximum atomic E-state index is 12.2. The van der Waals surface area contributed by atoms with Crippen molar-refractivity contribution >= 4 is 27.5 Å². The molecule has 8 nitrogen and oxygen atoms in total. The van der Waals surface area contributed by atoms with Crippen LogP contribution >= 0.6 is 0 Å². The van der Waals surface area contributed by atoms with Crippen LogP contribution in [0.3, 0.4) is 0 Å². The van der Waals surface area contributed by atoms with E-state index in [9.17, 15) is 18.0 Å². The second-order valence-electron chi connectivity index (χ2n) is 6.13. The Balaban J connectivity index is 3.25. The molecule has 0 aromatic heterocycles. The van der Waals surface area contributed by atoms with Gasteiger partial charge < -0.3 is 4.74 Å². The van der Waals surface area contributed by atoms with Gasteiger partial charge in [-0.15, -0.1) is 0 Å². The number of ether oxygens (including phenoxy) is 1. The molecule has 134 valence electrons. The van der Waals surface area contributed by atoms with Crippen LogP contribution in [0.2, 0.25) is 0 Å². The van der Waals surface area contributed by atoms with Gasteiger partial charge in [0.1, 0.15) is 5.60 Å². The molecule has 0 aliphatic heterocycles. The molecule has 1 rings (SSSR count). The van der Waals surface area contributed by atoms with Crippen LogP contribution in [0.15, 0.2) is 23.1 Å². The summed E-state index contributed by atoms with van der Waals surface area (Å²) >= 11 is 0. The van der Waals surface area contributed by atoms with Gasteiger partial charge in [0.25, 0.3) is 5.91 Å². The van der Waals surface area contributed by atoms with Crippen molar-refractivity contribution in [1.29, 1.82) is 0 Å². The minimum absolute atomic E-state index is 0.0494. The Bertz CT molecular complexity index is 737. The number of carbonyl (C=O) groups is 2. The molecule has 0 aliphatic rings. The molecule has 1 N–H and O–H groups in total. The molecule has 9 heteroatoms. The molecule has 1 aromatic rings. The smallest absolute Gasteiger partial charge is 0.412 e. The number of rotatable bonds is 4. The highest BCUT2D eigenvalue weighted by Crippen LogP contribution is 2.21. The van der Waals surface area contributed by atoms with Gasteiger partial charge in [-0.25, -0.2) is 18.3 Å². The summed E-state index contributed by atoms with van der Waals surface area (Å²) in [6.07, 6.45) is 0.250. The van der Waals surface area contributed by atoms with Crippen LogP contribution in [0.1, 0.15) is 31.1 Å². The Labute approximate surface area is 141 Å². The lowest BCUT2D eigenvalue weighted by atomic mass is 10.2. The first-order chi connectivity index (χ1) is 10.8. The zero-order valence-electron chi connectivity index (χ0n) is 14.5. The molecule has 0 fully saturated rings. The van der Waals surface area contributed by atoms with Gasteiger partial charge in [0.15, 0.2) is 9.84 Å². The normalized spacial score (nSPS) is 11.8. The Hall–Kier alpha value is -2.13. The molecule has 0 saturated heterocycles. The second-order valence-corrected chi connectivity index (χ2v) is 8.15. The maximum absolute atomic E-state index is 12.2. The molecule has 0 radical (unpaired) electrons. The van der Waals surface area contributed by atoms with Crippen LogP contribution < -0.4 is 5.32 Å². The monoisotopic (exact) mass is 358 g/mol. The van der Waals surface area contributed by atoms with E-state index in [0.29, 0.717) is 0 Å². The first kappa shape index (κ1) is 19.9. The third kappa shape index (κ3) is 5.82. The van der Waals surface area contributed by atoms with Crippen LogP contribution in [-0.4, -0.2) is 51.5 Å². The van der Waals surface area contributed by atoms with Crippen molar-refractivity contribution in [3.63, 3.8) is 0 Å². The van der Waals surface area contributed by atoms with E-state index in [1.807, 2.05) is 0 Å². The van der Waals surface area contributed by atoms with E-state index in [0.717, 1.165) is 11.3 Å². The van der Waals surface area contributed by atoms with Gasteiger partial charge in [-0.05, 0) is 39.0 Å². The predicted octanol–water partition coefficient (Wildman–Crippen LogP) is 2.07. The molecule has 1 aromatic carbocycles. The van der Waals surface area contributed by atoms with Gasteiger partial charge in [-0.1, -0.05) is 0 Å². The van der Waals surface area contributed by atoms with Crippen LogP contribution in [0.4, 0.5) is 10.5 Å². The maximum Gasteiger partial charge on any atom is 0.412 e. The molecule has 0 bridgehead atoms. The highest BCUT2D eigenvalue weighted by molar-refractivity contribution is 7.90. The lowest BCUT2D eigenvalue weighted by Crippen LogP contribution is -2.28. The zero-order chi connectivity index (χ0) is 18.7. The van der Waals surface area contributed by atoms with Crippen molar-refractivity contribution in [2.24, 2.45) is 0 Å². The fraction of sp³-hybridized carbons (Fsp3) is 0.467. The molecule has 0 aliphatic carbocycles. The molecular weight excluding hydrogens is 336 g/mol. The summed E-state index contributed by atoms with van der Waals surface area (Å²) in [5.74, 6) is -0.560. The quantitative estimate of drug-likeness (QED) is 0.827. The topological polar surface area (TPSA) is 102 Å². The van der Waals surface area contributed by atoms with Gasteiger partial charge >= 0.3 is 6.09 Å². The fourth-order valence-corrected chi connectivity index (χ4v) is 2.38. The summed E-state index contributed by atoms with van der Waals surface area (Å²) < 4.78 is 28.7. The second kappa shape index (κ2) is 7.18. The number of hydroxylamine groups is 2. The molecular formula is C15H22N2O6S. The van der Waals surface area contributed by atoms with Gasteiger partial charge in [0.05, 0.1) is 12.0 Å². The highest BCUT2D eigenvalue weighted by atomic mass is 32.2. The van der Waals surface area contributed by atoms with Crippen LogP contribution in [0.5, 0.6) is 0 Å². The van der Waals surface area contributed by atoms with Crippen molar-refractivity contribution in [2.45, 2.75) is 31.3 Å². The average molecular weight is 358 g/mol. The van der Waals surface area contributed by atoms with E-state index in [2.05, 4.69) is 5.32 Å². The number of amides is 2. The number of nitrogens with one attached hydrogen (secondary N) is 1. The van der Waals surface area contributed by atoms with Crippen LogP contribution in [0, 0.1) is 0 Å². The third-order valence-corrected chi connectivity index (χ3v) is 3.88. The number of carbonyl (C=O) groups excluding carboxylic acids is 2. The standard InChI is InChI=1S/C15H22N2O6S/c1-15(2,3)23-14(19)16-11-7-10(13(18)17(4)22-5)8-12(9-11)24(6,20)21/h7-9H,1-6H3,(H,16,19). The van der Waals surface area contributed by atoms with Gasteiger partial charge in [-0.3, -0.25) is 14.9 Å². The Kier molecular flexibility index (Phi) is 5.96. The van der Waals surface area contributed by atoms with Crippen molar-refractivity contribution in [3.05, 3.63) is 23.8 Å². The number of hydrogen-bond donors (Lipinski definition) is 1. The number of sulfone groups is 1.